The number of rotatable bonds is 21. The maximum Gasteiger partial charge on any atom is 0.469 e. The Hall–Kier alpha value is -1.98. The molecule has 0 radical (unpaired) electrons. The number of aryl methyl sites for hydroxylation is 2. The van der Waals surface area contributed by atoms with Crippen LogP contribution in [0.25, 0.3) is 0 Å². The number of methoxy groups -OCH3 is 1. The van der Waals surface area contributed by atoms with Gasteiger partial charge in [0.1, 0.15) is 11.5 Å². The van der Waals surface area contributed by atoms with Gasteiger partial charge >= 0.3 is 7.82 Å². The smallest absolute Gasteiger partial charge is 0.469 e. The monoisotopic (exact) mass is 546 g/mol. The molecule has 2 aromatic rings. The van der Waals surface area contributed by atoms with Crippen LogP contribution >= 0.6 is 7.82 Å². The SMILES string of the molecule is CCCCCc1ccc(CCCCCCCCC(=O)C(CCOP(=O)(O)O)Cc2ccc(OC)cc2)cc1. The molecule has 212 valence electrons. The first-order valence-corrected chi connectivity index (χ1v) is 15.8. The van der Waals surface area contributed by atoms with E-state index in [9.17, 15) is 9.36 Å². The van der Waals surface area contributed by atoms with Crippen molar-refractivity contribution >= 4 is 13.6 Å². The first-order valence-electron chi connectivity index (χ1n) is 14.2. The van der Waals surface area contributed by atoms with Gasteiger partial charge in [0.2, 0.25) is 0 Å². The molecule has 0 aliphatic rings. The van der Waals surface area contributed by atoms with Crippen LogP contribution in [0.4, 0.5) is 0 Å². The first kappa shape index (κ1) is 32.2. The third-order valence-electron chi connectivity index (χ3n) is 7.05. The fourth-order valence-corrected chi connectivity index (χ4v) is 5.07. The summed E-state index contributed by atoms with van der Waals surface area (Å²) >= 11 is 0. The molecule has 1 atom stereocenters. The quantitative estimate of drug-likeness (QED) is 0.124. The molecule has 1 unspecified atom stereocenters. The van der Waals surface area contributed by atoms with Crippen LogP contribution in [0.1, 0.15) is 94.2 Å². The standard InChI is InChI=1S/C31H47O6P/c1-3-4-9-12-26-15-17-27(18-16-26)13-10-7-5-6-8-11-14-31(32)29(23-24-37-38(33,34)35)25-28-19-21-30(36-2)22-20-28/h15-22,29H,3-14,23-25H2,1-2H3,(H2,33,34,35). The summed E-state index contributed by atoms with van der Waals surface area (Å²) in [4.78, 5) is 30.9. The number of benzene rings is 2. The number of hydrogen-bond donors (Lipinski definition) is 2. The molecule has 0 spiro atoms. The molecule has 0 amide bonds. The first-order chi connectivity index (χ1) is 18.3. The molecule has 2 rings (SSSR count). The highest BCUT2D eigenvalue weighted by Crippen LogP contribution is 2.36. The highest BCUT2D eigenvalue weighted by molar-refractivity contribution is 7.46. The van der Waals surface area contributed by atoms with Gasteiger partial charge < -0.3 is 14.5 Å². The zero-order chi connectivity index (χ0) is 27.6. The molecule has 0 heterocycles. The van der Waals surface area contributed by atoms with Crippen LogP contribution in [0.3, 0.4) is 0 Å². The molecule has 0 aliphatic carbocycles. The summed E-state index contributed by atoms with van der Waals surface area (Å²) in [6.07, 6.45) is 14.0. The van der Waals surface area contributed by atoms with Crippen LogP contribution in [0.2, 0.25) is 0 Å². The van der Waals surface area contributed by atoms with Gasteiger partial charge in [-0.25, -0.2) is 4.57 Å². The Morgan fingerprint density at radius 1 is 0.789 bits per heavy atom. The fraction of sp³-hybridized carbons (Fsp3) is 0.581. The van der Waals surface area contributed by atoms with Gasteiger partial charge in [0, 0.05) is 12.3 Å². The summed E-state index contributed by atoms with van der Waals surface area (Å²) in [6, 6.07) is 16.7. The Bertz CT molecular complexity index is 951. The van der Waals surface area contributed by atoms with Crippen LogP contribution in [-0.2, 0) is 33.1 Å². The van der Waals surface area contributed by atoms with E-state index in [4.69, 9.17) is 14.5 Å². The summed E-state index contributed by atoms with van der Waals surface area (Å²) < 4.78 is 20.9. The van der Waals surface area contributed by atoms with Crippen molar-refractivity contribution in [2.75, 3.05) is 13.7 Å². The van der Waals surface area contributed by atoms with Crippen molar-refractivity contribution in [2.45, 2.75) is 96.8 Å². The molecule has 0 bridgehead atoms. The molecule has 0 aliphatic heterocycles. The van der Waals surface area contributed by atoms with Crippen LogP contribution in [-0.4, -0.2) is 29.3 Å². The molecule has 0 saturated heterocycles. The molecule has 6 nitrogen and oxygen atoms in total. The van der Waals surface area contributed by atoms with Crippen molar-refractivity contribution in [1.82, 2.24) is 0 Å². The number of carbonyl (C=O) groups is 1. The van der Waals surface area contributed by atoms with Crippen molar-refractivity contribution in [3.63, 3.8) is 0 Å². The van der Waals surface area contributed by atoms with Crippen molar-refractivity contribution in [1.29, 1.82) is 0 Å². The van der Waals surface area contributed by atoms with E-state index in [0.29, 0.717) is 12.8 Å². The van der Waals surface area contributed by atoms with Gasteiger partial charge in [-0.1, -0.05) is 81.8 Å². The number of unbranched alkanes of at least 4 members (excludes halogenated alkanes) is 7. The van der Waals surface area contributed by atoms with E-state index in [1.165, 1.54) is 56.1 Å². The van der Waals surface area contributed by atoms with Gasteiger partial charge in [0.05, 0.1) is 13.7 Å². The molecule has 7 heteroatoms. The zero-order valence-electron chi connectivity index (χ0n) is 23.3. The topological polar surface area (TPSA) is 93.1 Å². The van der Waals surface area contributed by atoms with E-state index in [2.05, 4.69) is 35.7 Å². The van der Waals surface area contributed by atoms with Crippen molar-refractivity contribution < 1.29 is 28.4 Å². The van der Waals surface area contributed by atoms with Crippen LogP contribution < -0.4 is 4.74 Å². The zero-order valence-corrected chi connectivity index (χ0v) is 24.2. The van der Waals surface area contributed by atoms with Crippen molar-refractivity contribution in [3.05, 3.63) is 65.2 Å². The van der Waals surface area contributed by atoms with E-state index >= 15 is 0 Å². The van der Waals surface area contributed by atoms with Crippen molar-refractivity contribution in [2.24, 2.45) is 5.92 Å². The second kappa shape index (κ2) is 18.3. The Morgan fingerprint density at radius 3 is 1.87 bits per heavy atom. The molecule has 0 saturated carbocycles. The predicted molar refractivity (Wildman–Crippen MR) is 154 cm³/mol. The highest BCUT2D eigenvalue weighted by atomic mass is 31.2. The summed E-state index contributed by atoms with van der Waals surface area (Å²) in [5.41, 5.74) is 3.85. The number of carbonyl (C=O) groups excluding carboxylic acids is 1. The fourth-order valence-electron chi connectivity index (χ4n) is 4.73. The second-order valence-electron chi connectivity index (χ2n) is 10.2. The van der Waals surface area contributed by atoms with Gasteiger partial charge in [-0.3, -0.25) is 9.32 Å². The average molecular weight is 547 g/mol. The van der Waals surface area contributed by atoms with Crippen LogP contribution in [0.15, 0.2) is 48.5 Å². The van der Waals surface area contributed by atoms with Crippen LogP contribution in [0, 0.1) is 5.92 Å². The normalized spacial score (nSPS) is 12.4. The Balaban J connectivity index is 1.65. The van der Waals surface area contributed by atoms with Crippen LogP contribution in [0.5, 0.6) is 5.75 Å². The maximum atomic E-state index is 12.9. The van der Waals surface area contributed by atoms with Gasteiger partial charge in [-0.2, -0.15) is 0 Å². The van der Waals surface area contributed by atoms with Gasteiger partial charge in [-0.05, 0) is 73.8 Å². The molecule has 2 N–H and O–H groups in total. The summed E-state index contributed by atoms with van der Waals surface area (Å²) in [5, 5.41) is 0. The lowest BCUT2D eigenvalue weighted by Gasteiger charge is -2.17. The third kappa shape index (κ3) is 14.2. The molecule has 0 aromatic heterocycles. The summed E-state index contributed by atoms with van der Waals surface area (Å²) in [7, 11) is -2.93. The lowest BCUT2D eigenvalue weighted by atomic mass is 9.89. The second-order valence-corrected chi connectivity index (χ2v) is 11.5. The van der Waals surface area contributed by atoms with E-state index in [0.717, 1.165) is 37.0 Å². The lowest BCUT2D eigenvalue weighted by Crippen LogP contribution is -2.19. The number of hydrogen-bond acceptors (Lipinski definition) is 4. The Kier molecular flexibility index (Phi) is 15.6. The molecular formula is C31H47O6P. The number of phosphoric ester groups is 1. The average Bonchev–Trinajstić information content (AvgIpc) is 2.90. The highest BCUT2D eigenvalue weighted by Gasteiger charge is 2.21. The van der Waals surface area contributed by atoms with E-state index in [1.807, 2.05) is 24.3 Å². The molecule has 0 fully saturated rings. The summed E-state index contributed by atoms with van der Waals surface area (Å²) in [5.74, 6) is 0.554. The molecular weight excluding hydrogens is 499 g/mol. The minimum absolute atomic E-state index is 0.133. The Labute approximate surface area is 229 Å². The summed E-state index contributed by atoms with van der Waals surface area (Å²) in [6.45, 7) is 2.10. The van der Waals surface area contributed by atoms with E-state index in [1.54, 1.807) is 7.11 Å². The van der Waals surface area contributed by atoms with E-state index < -0.39 is 7.82 Å². The maximum absolute atomic E-state index is 12.9. The predicted octanol–water partition coefficient (Wildman–Crippen LogP) is 7.63. The Morgan fingerprint density at radius 2 is 1.32 bits per heavy atom. The minimum Gasteiger partial charge on any atom is -0.497 e. The number of Topliss-reactive ketones (excluding diaryl/α,β-unsaturated/α-hetero) is 1. The number of ether oxygens (including phenoxy) is 1. The molecule has 38 heavy (non-hydrogen) atoms. The lowest BCUT2D eigenvalue weighted by molar-refractivity contribution is -0.123. The molecule has 2 aromatic carbocycles. The largest absolute Gasteiger partial charge is 0.497 e. The van der Waals surface area contributed by atoms with Crippen molar-refractivity contribution in [3.8, 4) is 5.75 Å². The van der Waals surface area contributed by atoms with Gasteiger partial charge in [0.25, 0.3) is 0 Å². The van der Waals surface area contributed by atoms with Gasteiger partial charge in [0.15, 0.2) is 0 Å². The number of phosphoric acid groups is 1. The van der Waals surface area contributed by atoms with E-state index in [-0.39, 0.29) is 24.7 Å². The number of ketones is 1. The minimum atomic E-state index is -4.54. The third-order valence-corrected chi connectivity index (χ3v) is 7.57. The van der Waals surface area contributed by atoms with Gasteiger partial charge in [-0.15, -0.1) is 0 Å².